The highest BCUT2D eigenvalue weighted by atomic mass is 35.5. The Morgan fingerprint density at radius 1 is 1.48 bits per heavy atom. The van der Waals surface area contributed by atoms with E-state index in [1.54, 1.807) is 13.0 Å². The van der Waals surface area contributed by atoms with Crippen molar-refractivity contribution in [2.24, 2.45) is 0 Å². The van der Waals surface area contributed by atoms with Gasteiger partial charge >= 0.3 is 5.97 Å². The summed E-state index contributed by atoms with van der Waals surface area (Å²) in [5.74, 6) is -0.486. The Kier molecular flexibility index (Phi) is 3.94. The molecule has 23 heavy (non-hydrogen) atoms. The van der Waals surface area contributed by atoms with Crippen molar-refractivity contribution in [1.29, 1.82) is 0 Å². The van der Waals surface area contributed by atoms with Crippen molar-refractivity contribution in [2.45, 2.75) is 13.5 Å². The summed E-state index contributed by atoms with van der Waals surface area (Å²) in [6.45, 7) is 1.40. The number of esters is 1. The molecule has 2 heterocycles. The van der Waals surface area contributed by atoms with Crippen LogP contribution < -0.4 is 0 Å². The summed E-state index contributed by atoms with van der Waals surface area (Å²) in [4.78, 5) is 20.0. The van der Waals surface area contributed by atoms with Crippen LogP contribution in [0.2, 0.25) is 5.02 Å². The van der Waals surface area contributed by atoms with Crippen molar-refractivity contribution in [2.75, 3.05) is 0 Å². The highest BCUT2D eigenvalue weighted by Crippen LogP contribution is 2.30. The number of carbonyl (C=O) groups excluding carboxylic acids is 1. The number of aryl methyl sites for hydroxylation is 1. The van der Waals surface area contributed by atoms with E-state index in [2.05, 4.69) is 25.3 Å². The Morgan fingerprint density at radius 3 is 3.04 bits per heavy atom. The molecule has 10 heteroatoms. The average molecular weight is 336 g/mol. The lowest BCUT2D eigenvalue weighted by molar-refractivity contribution is 0.0425. The number of hydrogen-bond donors (Lipinski definition) is 2. The first-order valence-electron chi connectivity index (χ1n) is 6.39. The zero-order valence-corrected chi connectivity index (χ0v) is 12.5. The van der Waals surface area contributed by atoms with Crippen molar-refractivity contribution in [3.63, 3.8) is 0 Å². The Bertz CT molecular complexity index is 846. The van der Waals surface area contributed by atoms with Gasteiger partial charge in [0.2, 0.25) is 5.82 Å². The van der Waals surface area contributed by atoms with E-state index < -0.39 is 5.97 Å². The number of hydrogen-bond acceptors (Lipinski definition) is 8. The lowest BCUT2D eigenvalue weighted by Gasteiger charge is -2.08. The van der Waals surface area contributed by atoms with Gasteiger partial charge < -0.3 is 14.4 Å². The van der Waals surface area contributed by atoms with Gasteiger partial charge in [0.15, 0.2) is 12.4 Å². The van der Waals surface area contributed by atoms with Crippen LogP contribution in [0.15, 0.2) is 23.0 Å². The highest BCUT2D eigenvalue weighted by Gasteiger charge is 2.20. The van der Waals surface area contributed by atoms with Gasteiger partial charge in [-0.05, 0) is 18.6 Å². The number of rotatable bonds is 4. The molecule has 0 saturated heterocycles. The van der Waals surface area contributed by atoms with Gasteiger partial charge in [0.1, 0.15) is 17.6 Å². The van der Waals surface area contributed by atoms with Crippen LogP contribution in [0, 0.1) is 6.92 Å². The van der Waals surface area contributed by atoms with Crippen LogP contribution in [0.4, 0.5) is 0 Å². The maximum Gasteiger partial charge on any atom is 0.342 e. The molecule has 118 valence electrons. The standard InChI is InChI=1S/C13H10ClN5O4/c1-6-2-3-7(14)10(20)9(6)13(21)22-4-8-17-12(19-23-8)11-15-5-16-18-11/h2-3,5,20H,4H2,1H3,(H,15,16,18). The summed E-state index contributed by atoms with van der Waals surface area (Å²) in [6, 6.07) is 3.10. The SMILES string of the molecule is Cc1ccc(Cl)c(O)c1C(=O)OCc1nc(-c2ncn[nH]2)no1. The minimum absolute atomic E-state index is 0.00697. The summed E-state index contributed by atoms with van der Waals surface area (Å²) in [7, 11) is 0. The number of aromatic amines is 1. The molecular weight excluding hydrogens is 326 g/mol. The molecule has 0 unspecified atom stereocenters. The van der Waals surface area contributed by atoms with Gasteiger partial charge in [-0.2, -0.15) is 10.1 Å². The van der Waals surface area contributed by atoms with Crippen LogP contribution in [0.25, 0.3) is 11.6 Å². The van der Waals surface area contributed by atoms with E-state index in [0.29, 0.717) is 11.4 Å². The molecule has 3 aromatic rings. The predicted octanol–water partition coefficient (Wildman–Crippen LogP) is 1.88. The Hall–Kier alpha value is -2.94. The molecule has 2 aromatic heterocycles. The van der Waals surface area contributed by atoms with Gasteiger partial charge in [0.05, 0.1) is 5.02 Å². The van der Waals surface area contributed by atoms with Crippen molar-refractivity contribution < 1.29 is 19.2 Å². The smallest absolute Gasteiger partial charge is 0.342 e. The summed E-state index contributed by atoms with van der Waals surface area (Å²) >= 11 is 5.79. The van der Waals surface area contributed by atoms with Crippen LogP contribution in [0.3, 0.4) is 0 Å². The molecule has 0 amide bonds. The van der Waals surface area contributed by atoms with E-state index in [1.165, 1.54) is 12.4 Å². The Labute approximate surface area is 134 Å². The first-order chi connectivity index (χ1) is 11.1. The fourth-order valence-electron chi connectivity index (χ4n) is 1.85. The van der Waals surface area contributed by atoms with Crippen molar-refractivity contribution >= 4 is 17.6 Å². The molecule has 0 saturated carbocycles. The molecule has 0 atom stereocenters. The second kappa shape index (κ2) is 6.05. The molecule has 3 rings (SSSR count). The molecule has 0 radical (unpaired) electrons. The number of phenolic OH excluding ortho intramolecular Hbond substituents is 1. The monoisotopic (exact) mass is 335 g/mol. The van der Waals surface area contributed by atoms with Gasteiger partial charge in [-0.1, -0.05) is 22.8 Å². The van der Waals surface area contributed by atoms with E-state index in [9.17, 15) is 9.90 Å². The number of benzene rings is 1. The molecule has 0 aliphatic carbocycles. The van der Waals surface area contributed by atoms with Gasteiger partial charge in [-0.3, -0.25) is 5.10 Å². The second-order valence-electron chi connectivity index (χ2n) is 4.51. The van der Waals surface area contributed by atoms with E-state index >= 15 is 0 Å². The maximum atomic E-state index is 12.1. The average Bonchev–Trinajstić information content (AvgIpc) is 3.20. The molecule has 0 bridgehead atoms. The van der Waals surface area contributed by atoms with Gasteiger partial charge in [-0.25, -0.2) is 9.78 Å². The minimum atomic E-state index is -0.748. The van der Waals surface area contributed by atoms with E-state index in [4.69, 9.17) is 20.9 Å². The molecule has 2 N–H and O–H groups in total. The number of nitrogens with zero attached hydrogens (tertiary/aromatic N) is 4. The third-order valence-corrected chi connectivity index (χ3v) is 3.27. The fourth-order valence-corrected chi connectivity index (χ4v) is 2.00. The molecule has 0 aliphatic rings. The topological polar surface area (TPSA) is 127 Å². The predicted molar refractivity (Wildman–Crippen MR) is 76.6 cm³/mol. The largest absolute Gasteiger partial charge is 0.505 e. The number of halogens is 1. The third kappa shape index (κ3) is 2.99. The molecule has 0 fully saturated rings. The summed E-state index contributed by atoms with van der Waals surface area (Å²) in [5, 5.41) is 19.9. The van der Waals surface area contributed by atoms with Gasteiger partial charge in [-0.15, -0.1) is 0 Å². The lowest BCUT2D eigenvalue weighted by Crippen LogP contribution is -2.08. The van der Waals surface area contributed by atoms with Crippen molar-refractivity contribution in [3.05, 3.63) is 40.5 Å². The molecule has 9 nitrogen and oxygen atoms in total. The molecule has 0 spiro atoms. The van der Waals surface area contributed by atoms with Crippen LogP contribution in [0.5, 0.6) is 5.75 Å². The number of carbonyl (C=O) groups is 1. The van der Waals surface area contributed by atoms with Crippen LogP contribution >= 0.6 is 11.6 Å². The van der Waals surface area contributed by atoms with E-state index in [-0.39, 0.29) is 34.7 Å². The molecule has 0 aliphatic heterocycles. The van der Waals surface area contributed by atoms with Crippen LogP contribution in [-0.4, -0.2) is 36.4 Å². The number of H-pyrrole nitrogens is 1. The number of phenols is 1. The Morgan fingerprint density at radius 2 is 2.30 bits per heavy atom. The summed E-state index contributed by atoms with van der Waals surface area (Å²) in [5.41, 5.74) is 0.525. The number of ether oxygens (including phenoxy) is 1. The zero-order chi connectivity index (χ0) is 16.4. The Balaban J connectivity index is 1.72. The lowest BCUT2D eigenvalue weighted by atomic mass is 10.1. The normalized spacial score (nSPS) is 10.7. The van der Waals surface area contributed by atoms with Crippen molar-refractivity contribution in [1.82, 2.24) is 25.3 Å². The summed E-state index contributed by atoms with van der Waals surface area (Å²) < 4.78 is 10.0. The quantitative estimate of drug-likeness (QED) is 0.692. The highest BCUT2D eigenvalue weighted by molar-refractivity contribution is 6.32. The fraction of sp³-hybridized carbons (Fsp3) is 0.154. The van der Waals surface area contributed by atoms with Crippen LogP contribution in [0.1, 0.15) is 21.8 Å². The second-order valence-corrected chi connectivity index (χ2v) is 4.92. The minimum Gasteiger partial charge on any atom is -0.505 e. The first-order valence-corrected chi connectivity index (χ1v) is 6.77. The maximum absolute atomic E-state index is 12.1. The van der Waals surface area contributed by atoms with Gasteiger partial charge in [0, 0.05) is 0 Å². The summed E-state index contributed by atoms with van der Waals surface area (Å²) in [6.07, 6.45) is 1.30. The number of aromatic nitrogens is 5. The van der Waals surface area contributed by atoms with Crippen LogP contribution in [-0.2, 0) is 11.3 Å². The first kappa shape index (κ1) is 15.0. The molecule has 1 aromatic carbocycles. The van der Waals surface area contributed by atoms with Gasteiger partial charge in [0.25, 0.3) is 5.89 Å². The van der Waals surface area contributed by atoms with E-state index in [1.807, 2.05) is 0 Å². The number of nitrogens with one attached hydrogen (secondary N) is 1. The molecular formula is C13H10ClN5O4. The zero-order valence-electron chi connectivity index (χ0n) is 11.8. The number of aromatic hydroxyl groups is 1. The third-order valence-electron chi connectivity index (χ3n) is 2.96. The van der Waals surface area contributed by atoms with E-state index in [0.717, 1.165) is 0 Å². The van der Waals surface area contributed by atoms with Crippen molar-refractivity contribution in [3.8, 4) is 17.4 Å².